The van der Waals surface area contributed by atoms with Crippen LogP contribution in [0.3, 0.4) is 0 Å². The number of rotatable bonds is 11. The topological polar surface area (TPSA) is 159 Å². The zero-order valence-corrected chi connectivity index (χ0v) is 26.0. The molecule has 1 aromatic rings. The molecule has 1 aliphatic carbocycles. The Morgan fingerprint density at radius 1 is 1.15 bits per heavy atom. The molecule has 4 fully saturated rings. The van der Waals surface area contributed by atoms with Gasteiger partial charge in [0.2, 0.25) is 5.91 Å². The number of ether oxygens (including phenoxy) is 5. The summed E-state index contributed by atoms with van der Waals surface area (Å²) in [6.45, 7) is 2.97. The lowest BCUT2D eigenvalue weighted by Gasteiger charge is -2.49. The first-order valence-electron chi connectivity index (χ1n) is 15.1. The molecule has 0 unspecified atom stereocenters. The molecule has 7 atom stereocenters. The summed E-state index contributed by atoms with van der Waals surface area (Å²) < 4.78 is 63.5. The van der Waals surface area contributed by atoms with Crippen molar-refractivity contribution in [3.05, 3.63) is 41.5 Å². The van der Waals surface area contributed by atoms with Gasteiger partial charge in [-0.2, -0.15) is 18.2 Å². The van der Waals surface area contributed by atoms with E-state index in [-0.39, 0.29) is 32.6 Å². The molecule has 0 spiro atoms. The van der Waals surface area contributed by atoms with Gasteiger partial charge in [0, 0.05) is 18.9 Å². The lowest BCUT2D eigenvalue weighted by atomic mass is 9.62. The summed E-state index contributed by atoms with van der Waals surface area (Å²) >= 11 is 0. The summed E-state index contributed by atoms with van der Waals surface area (Å²) in [6, 6.07) is 4.51. The Morgan fingerprint density at radius 3 is 2.51 bits per heavy atom. The Bertz CT molecular complexity index is 1380. The van der Waals surface area contributed by atoms with E-state index in [1.807, 2.05) is 0 Å². The van der Waals surface area contributed by atoms with Gasteiger partial charge in [0.05, 0.1) is 19.2 Å². The molecule has 1 aromatic carbocycles. The Balaban J connectivity index is 1.32. The number of aliphatic hydroxyl groups is 1. The second-order valence-electron chi connectivity index (χ2n) is 12.9. The molecule has 258 valence electrons. The maximum atomic E-state index is 14.2. The number of benzene rings is 1. The van der Waals surface area contributed by atoms with Crippen molar-refractivity contribution in [3.63, 3.8) is 0 Å². The van der Waals surface area contributed by atoms with E-state index < -0.39 is 90.7 Å². The number of hydrogen-bond acceptors (Lipinski definition) is 12. The third kappa shape index (κ3) is 7.78. The minimum Gasteiger partial charge on any atom is -0.460 e. The molecule has 2 bridgehead atoms. The summed E-state index contributed by atoms with van der Waals surface area (Å²) in [5.41, 5.74) is -1.05. The maximum Gasteiger partial charge on any atom is 0.422 e. The highest BCUT2D eigenvalue weighted by Gasteiger charge is 2.74. The van der Waals surface area contributed by atoms with Crippen molar-refractivity contribution in [1.82, 2.24) is 10.4 Å². The molecule has 13 nitrogen and oxygen atoms in total. The van der Waals surface area contributed by atoms with Crippen LogP contribution in [0.4, 0.5) is 13.2 Å². The number of fused-ring (bicyclic) bond motifs is 4. The second kappa shape index (κ2) is 13.5. The third-order valence-corrected chi connectivity index (χ3v) is 8.28. The number of alkyl halides is 3. The van der Waals surface area contributed by atoms with E-state index in [1.54, 1.807) is 45.0 Å². The van der Waals surface area contributed by atoms with Gasteiger partial charge in [0.15, 0.2) is 12.6 Å². The van der Waals surface area contributed by atoms with Gasteiger partial charge >= 0.3 is 24.1 Å². The van der Waals surface area contributed by atoms with Gasteiger partial charge in [-0.05, 0) is 44.4 Å². The smallest absolute Gasteiger partial charge is 0.422 e. The number of aliphatic hydroxyl groups excluding tert-OH is 1. The largest absolute Gasteiger partial charge is 0.460 e. The number of amides is 1. The van der Waals surface area contributed by atoms with Gasteiger partial charge in [0.1, 0.15) is 42.2 Å². The van der Waals surface area contributed by atoms with E-state index in [9.17, 15) is 37.5 Å². The van der Waals surface area contributed by atoms with Gasteiger partial charge in [-0.1, -0.05) is 24.3 Å². The molecule has 1 amide bonds. The molecule has 0 radical (unpaired) electrons. The lowest BCUT2D eigenvalue weighted by Crippen LogP contribution is -2.70. The number of hydroxylamine groups is 2. The zero-order chi connectivity index (χ0) is 34.1. The number of carbonyl (C=O) groups is 4. The molecule has 3 saturated heterocycles. The molecule has 2 N–H and O–H groups in total. The van der Waals surface area contributed by atoms with Gasteiger partial charge < -0.3 is 34.1 Å². The molecule has 3 aliphatic heterocycles. The summed E-state index contributed by atoms with van der Waals surface area (Å²) in [7, 11) is 0. The Hall–Kier alpha value is -3.57. The van der Waals surface area contributed by atoms with Crippen molar-refractivity contribution >= 4 is 29.9 Å². The number of nitrogens with zero attached hydrogens (tertiary/aromatic N) is 1. The monoisotopic (exact) mass is 670 g/mol. The molecule has 4 aliphatic rings. The van der Waals surface area contributed by atoms with E-state index in [4.69, 9.17) is 23.8 Å². The van der Waals surface area contributed by atoms with Gasteiger partial charge in [-0.25, -0.2) is 4.79 Å². The van der Waals surface area contributed by atoms with Crippen molar-refractivity contribution in [2.75, 3.05) is 20.0 Å². The summed E-state index contributed by atoms with van der Waals surface area (Å²) in [5, 5.41) is 14.2. The summed E-state index contributed by atoms with van der Waals surface area (Å²) in [6.07, 6.45) is -5.48. The van der Waals surface area contributed by atoms with Crippen LogP contribution in [0.5, 0.6) is 0 Å². The Labute approximate surface area is 268 Å². The minimum atomic E-state index is -4.63. The molecule has 0 aromatic heterocycles. The van der Waals surface area contributed by atoms with Crippen molar-refractivity contribution < 1.29 is 66.0 Å². The van der Waals surface area contributed by atoms with E-state index in [2.05, 4.69) is 10.1 Å². The fourth-order valence-corrected chi connectivity index (χ4v) is 6.33. The maximum absolute atomic E-state index is 14.2. The summed E-state index contributed by atoms with van der Waals surface area (Å²) in [5.74, 6) is -2.90. The van der Waals surface area contributed by atoms with Gasteiger partial charge in [-0.3, -0.25) is 19.2 Å². The second-order valence-corrected chi connectivity index (χ2v) is 12.9. The summed E-state index contributed by atoms with van der Waals surface area (Å²) in [4.78, 5) is 57.9. The van der Waals surface area contributed by atoms with Crippen molar-refractivity contribution in [2.45, 2.75) is 94.9 Å². The standard InChI is InChI=1S/C31H37F3N2O11/c1-29(2,3)46-22(39)11-9-19(14-37)35-28(41)30-12-20-23-24(44-16-43-23)26(30)47-36(25(30)27(40)45-20)13-18-6-4-17(5-7-18)8-10-21(38)42-15-31(32,33)34/h4-8,10,19-20,23-26,37H,9,11-16H2,1-3H3,(H,35,41)/t19-,20+,23-,24-,25-,26+,30-/m0/s1. The normalized spacial score (nSPS) is 29.3. The molecule has 5 rings (SSSR count). The van der Waals surface area contributed by atoms with Gasteiger partial charge in [-0.15, -0.1) is 0 Å². The molecule has 16 heteroatoms. The highest BCUT2D eigenvalue weighted by atomic mass is 19.4. The molecule has 1 saturated carbocycles. The van der Waals surface area contributed by atoms with Crippen molar-refractivity contribution in [2.24, 2.45) is 5.41 Å². The Kier molecular flexibility index (Phi) is 9.99. The van der Waals surface area contributed by atoms with Gasteiger partial charge in [0.25, 0.3) is 0 Å². The highest BCUT2D eigenvalue weighted by molar-refractivity contribution is 5.94. The third-order valence-electron chi connectivity index (χ3n) is 8.28. The van der Waals surface area contributed by atoms with Crippen LogP contribution in [-0.2, 0) is 54.2 Å². The molecular weight excluding hydrogens is 633 g/mol. The van der Waals surface area contributed by atoms with Crippen molar-refractivity contribution in [1.29, 1.82) is 0 Å². The number of esters is 3. The zero-order valence-electron chi connectivity index (χ0n) is 26.0. The van der Waals surface area contributed by atoms with E-state index in [1.165, 1.54) is 11.1 Å². The number of carbonyl (C=O) groups excluding carboxylic acids is 4. The number of halogens is 3. The van der Waals surface area contributed by atoms with Crippen LogP contribution >= 0.6 is 0 Å². The molecular formula is C31H37F3N2O11. The average molecular weight is 671 g/mol. The SMILES string of the molecule is CC(C)(C)OC(=O)CC[C@@H](CO)NC(=O)[C@@]12C[C@H]3OC(=O)[C@@H]1N(Cc1ccc(C=CC(=O)OCC(F)(F)F)cc1)O[C@@H]2[C@H]1OCO[C@H]13. The van der Waals surface area contributed by atoms with Crippen LogP contribution in [0.1, 0.15) is 51.2 Å². The lowest BCUT2D eigenvalue weighted by molar-refractivity contribution is -0.201. The number of nitrogens with one attached hydrogen (secondary N) is 1. The van der Waals surface area contributed by atoms with E-state index in [0.29, 0.717) is 11.1 Å². The van der Waals surface area contributed by atoms with Crippen molar-refractivity contribution in [3.8, 4) is 0 Å². The molecule has 3 heterocycles. The predicted octanol–water partition coefficient (Wildman–Crippen LogP) is 1.95. The Morgan fingerprint density at radius 2 is 1.85 bits per heavy atom. The fraction of sp³-hybridized carbons (Fsp3) is 0.613. The first-order valence-corrected chi connectivity index (χ1v) is 15.1. The van der Waals surface area contributed by atoms with Crippen LogP contribution in [0.25, 0.3) is 6.08 Å². The average Bonchev–Trinajstić information content (AvgIpc) is 3.61. The number of hydrogen-bond donors (Lipinski definition) is 2. The van der Waals surface area contributed by atoms with Crippen LogP contribution in [-0.4, -0.2) is 102 Å². The highest BCUT2D eigenvalue weighted by Crippen LogP contribution is 2.55. The molecule has 47 heavy (non-hydrogen) atoms. The van der Waals surface area contributed by atoms with E-state index >= 15 is 0 Å². The predicted molar refractivity (Wildman–Crippen MR) is 152 cm³/mol. The first-order chi connectivity index (χ1) is 22.1. The van der Waals surface area contributed by atoms with E-state index in [0.717, 1.165) is 6.08 Å². The quantitative estimate of drug-likeness (QED) is 0.201. The van der Waals surface area contributed by atoms with Crippen LogP contribution in [0.15, 0.2) is 30.3 Å². The van der Waals surface area contributed by atoms with Crippen LogP contribution < -0.4 is 5.32 Å². The fourth-order valence-electron chi connectivity index (χ4n) is 6.33. The minimum absolute atomic E-state index is 0.0217. The van der Waals surface area contributed by atoms with Crippen LogP contribution in [0.2, 0.25) is 0 Å². The van der Waals surface area contributed by atoms with Crippen LogP contribution in [0, 0.1) is 5.41 Å². The first kappa shape index (κ1) is 34.8.